The minimum atomic E-state index is -0.125. The molecule has 0 unspecified atom stereocenters. The van der Waals surface area contributed by atoms with Crippen molar-refractivity contribution < 1.29 is 0 Å². The number of benzene rings is 9. The zero-order valence-electron chi connectivity index (χ0n) is 31.2. The molecule has 0 heteroatoms. The van der Waals surface area contributed by atoms with Gasteiger partial charge in [0.2, 0.25) is 0 Å². The summed E-state index contributed by atoms with van der Waals surface area (Å²) in [6, 6.07) is 63.8. The fourth-order valence-corrected chi connectivity index (χ4v) is 10.3. The molecule has 2 aliphatic rings. The molecule has 0 fully saturated rings. The third kappa shape index (κ3) is 4.20. The predicted molar refractivity (Wildman–Crippen MR) is 230 cm³/mol. The molecule has 256 valence electrons. The summed E-state index contributed by atoms with van der Waals surface area (Å²) in [7, 11) is 0. The lowest BCUT2D eigenvalue weighted by Crippen LogP contribution is -2.18. The zero-order valence-corrected chi connectivity index (χ0v) is 31.2. The van der Waals surface area contributed by atoms with Gasteiger partial charge in [-0.15, -0.1) is 0 Å². The average molecular weight is 689 g/mol. The summed E-state index contributed by atoms with van der Waals surface area (Å²) in [6.07, 6.45) is 0. The molecule has 0 aliphatic heterocycles. The van der Waals surface area contributed by atoms with Gasteiger partial charge in [0, 0.05) is 10.8 Å². The van der Waals surface area contributed by atoms with Gasteiger partial charge in [0.1, 0.15) is 0 Å². The molecule has 54 heavy (non-hydrogen) atoms. The summed E-state index contributed by atoms with van der Waals surface area (Å²) in [6.45, 7) is 9.66. The lowest BCUT2D eigenvalue weighted by molar-refractivity contribution is 0.647. The summed E-state index contributed by atoms with van der Waals surface area (Å²) < 4.78 is 0. The quantitative estimate of drug-likeness (QED) is 0.162. The minimum Gasteiger partial charge on any atom is -0.0622 e. The molecule has 9 aromatic rings. The number of fused-ring (bicyclic) bond motifs is 10. The lowest BCUT2D eigenvalue weighted by Gasteiger charge is -2.26. The van der Waals surface area contributed by atoms with Gasteiger partial charge in [0.05, 0.1) is 0 Å². The van der Waals surface area contributed by atoms with E-state index in [0.29, 0.717) is 0 Å². The van der Waals surface area contributed by atoms with Crippen LogP contribution in [0.3, 0.4) is 0 Å². The van der Waals surface area contributed by atoms with Gasteiger partial charge in [0.25, 0.3) is 0 Å². The molecule has 0 aromatic heterocycles. The minimum absolute atomic E-state index is 0.0670. The highest BCUT2D eigenvalue weighted by Gasteiger charge is 2.44. The maximum absolute atomic E-state index is 2.50. The van der Waals surface area contributed by atoms with Crippen LogP contribution < -0.4 is 0 Å². The van der Waals surface area contributed by atoms with Gasteiger partial charge in [-0.2, -0.15) is 0 Å². The first-order valence-electron chi connectivity index (χ1n) is 19.3. The lowest BCUT2D eigenvalue weighted by atomic mass is 9.77. The second kappa shape index (κ2) is 11.1. The molecule has 0 heterocycles. The highest BCUT2D eigenvalue weighted by atomic mass is 14.5. The molecule has 0 atom stereocenters. The van der Waals surface area contributed by atoms with Crippen LogP contribution in [0.4, 0.5) is 0 Å². The monoisotopic (exact) mass is 688 g/mol. The molecule has 0 nitrogen and oxygen atoms in total. The van der Waals surface area contributed by atoms with E-state index < -0.39 is 0 Å². The first kappa shape index (κ1) is 31.3. The Balaban J connectivity index is 1.15. The Kier molecular flexibility index (Phi) is 6.46. The Morgan fingerprint density at radius 1 is 0.296 bits per heavy atom. The molecule has 0 spiro atoms. The van der Waals surface area contributed by atoms with E-state index in [1.807, 2.05) is 0 Å². The Morgan fingerprint density at radius 3 is 1.61 bits per heavy atom. The molecule has 0 bridgehead atoms. The van der Waals surface area contributed by atoms with E-state index in [1.54, 1.807) is 0 Å². The topological polar surface area (TPSA) is 0 Å². The second-order valence-electron chi connectivity index (χ2n) is 16.4. The summed E-state index contributed by atoms with van der Waals surface area (Å²) >= 11 is 0. The van der Waals surface area contributed by atoms with Crippen molar-refractivity contribution in [2.45, 2.75) is 38.5 Å². The van der Waals surface area contributed by atoms with Crippen LogP contribution in [0.25, 0.3) is 88.0 Å². The van der Waals surface area contributed by atoms with E-state index in [-0.39, 0.29) is 10.8 Å². The van der Waals surface area contributed by atoms with Crippen LogP contribution >= 0.6 is 0 Å². The van der Waals surface area contributed by atoms with E-state index >= 15 is 0 Å². The molecular weight excluding hydrogens is 649 g/mol. The van der Waals surface area contributed by atoms with E-state index in [9.17, 15) is 0 Å². The van der Waals surface area contributed by atoms with Crippen LogP contribution in [0.5, 0.6) is 0 Å². The average Bonchev–Trinajstić information content (AvgIpc) is 3.59. The van der Waals surface area contributed by atoms with Gasteiger partial charge in [-0.1, -0.05) is 179 Å². The van der Waals surface area contributed by atoms with Gasteiger partial charge in [-0.25, -0.2) is 0 Å². The van der Waals surface area contributed by atoms with Crippen LogP contribution in [0, 0.1) is 0 Å². The Labute approximate surface area is 317 Å². The maximum Gasteiger partial charge on any atom is 0.0165 e. The smallest absolute Gasteiger partial charge is 0.0165 e. The standard InChI is InChI=1S/C54H40/c1-53(2)47-29-28-43-38-20-14-15-25-46(38)54(3,4)52(43)51(47)44-27-26-34(32-48(44)53)36-30-35-18-8-9-19-37(35)45(31-36)50-41-23-12-10-21-39(41)49(33-16-6-5-7-17-33)40-22-11-13-24-42(40)50/h5-32H,1-4H3. The van der Waals surface area contributed by atoms with Crippen molar-refractivity contribution in [3.8, 4) is 55.6 Å². The number of hydrogen-bond acceptors (Lipinski definition) is 0. The number of rotatable bonds is 3. The van der Waals surface area contributed by atoms with Crippen molar-refractivity contribution in [3.05, 3.63) is 192 Å². The Hall–Kier alpha value is -6.24. The first-order chi connectivity index (χ1) is 26.3. The Bertz CT molecular complexity index is 2970. The third-order valence-corrected chi connectivity index (χ3v) is 12.8. The van der Waals surface area contributed by atoms with Crippen LogP contribution in [0.15, 0.2) is 170 Å². The van der Waals surface area contributed by atoms with Gasteiger partial charge < -0.3 is 0 Å². The van der Waals surface area contributed by atoms with Crippen molar-refractivity contribution in [2.75, 3.05) is 0 Å². The summed E-state index contributed by atoms with van der Waals surface area (Å²) in [5.41, 5.74) is 18.8. The van der Waals surface area contributed by atoms with Crippen LogP contribution in [0.1, 0.15) is 49.9 Å². The molecule has 2 aliphatic carbocycles. The fourth-order valence-electron chi connectivity index (χ4n) is 10.3. The second-order valence-corrected chi connectivity index (χ2v) is 16.4. The van der Waals surface area contributed by atoms with Crippen molar-refractivity contribution >= 4 is 32.3 Å². The third-order valence-electron chi connectivity index (χ3n) is 12.8. The van der Waals surface area contributed by atoms with Crippen LogP contribution in [0.2, 0.25) is 0 Å². The highest BCUT2D eigenvalue weighted by Crippen LogP contribution is 2.59. The van der Waals surface area contributed by atoms with Crippen LogP contribution in [-0.4, -0.2) is 0 Å². The predicted octanol–water partition coefficient (Wildman–Crippen LogP) is 14.8. The van der Waals surface area contributed by atoms with Crippen LogP contribution in [-0.2, 0) is 10.8 Å². The van der Waals surface area contributed by atoms with E-state index in [0.717, 1.165) is 0 Å². The molecule has 0 saturated heterocycles. The summed E-state index contributed by atoms with van der Waals surface area (Å²) in [5.74, 6) is 0. The molecular formula is C54H40. The molecule has 0 amide bonds. The summed E-state index contributed by atoms with van der Waals surface area (Å²) in [5, 5.41) is 7.64. The van der Waals surface area contributed by atoms with E-state index in [4.69, 9.17) is 0 Å². The largest absolute Gasteiger partial charge is 0.0622 e. The van der Waals surface area contributed by atoms with Crippen molar-refractivity contribution in [3.63, 3.8) is 0 Å². The van der Waals surface area contributed by atoms with Crippen molar-refractivity contribution in [2.24, 2.45) is 0 Å². The van der Waals surface area contributed by atoms with Gasteiger partial charge in [-0.3, -0.25) is 0 Å². The normalized spacial score (nSPS) is 14.6. The van der Waals surface area contributed by atoms with Gasteiger partial charge in [-0.05, 0) is 128 Å². The maximum atomic E-state index is 2.50. The van der Waals surface area contributed by atoms with Gasteiger partial charge in [0.15, 0.2) is 0 Å². The van der Waals surface area contributed by atoms with Crippen molar-refractivity contribution in [1.29, 1.82) is 0 Å². The SMILES string of the molecule is CC1(C)c2cc(-c3cc(-c4c5ccccc5c(-c5ccccc5)c5ccccc45)c4ccccc4c3)ccc2-c2c1ccc1c2C(C)(C)c2ccccc2-1. The fraction of sp³-hybridized carbons (Fsp3) is 0.111. The summed E-state index contributed by atoms with van der Waals surface area (Å²) in [4.78, 5) is 0. The first-order valence-corrected chi connectivity index (χ1v) is 19.3. The van der Waals surface area contributed by atoms with E-state index in [1.165, 1.54) is 110 Å². The van der Waals surface area contributed by atoms with Gasteiger partial charge >= 0.3 is 0 Å². The zero-order chi connectivity index (χ0) is 36.3. The Morgan fingerprint density at radius 2 is 0.889 bits per heavy atom. The van der Waals surface area contributed by atoms with Crippen molar-refractivity contribution in [1.82, 2.24) is 0 Å². The number of hydrogen-bond donors (Lipinski definition) is 0. The molecule has 0 N–H and O–H groups in total. The molecule has 0 saturated carbocycles. The molecule has 9 aromatic carbocycles. The van der Waals surface area contributed by atoms with E-state index in [2.05, 4.69) is 198 Å². The highest BCUT2D eigenvalue weighted by molar-refractivity contribution is 6.23. The molecule has 11 rings (SSSR count). The molecule has 0 radical (unpaired) electrons.